The van der Waals surface area contributed by atoms with E-state index in [0.717, 1.165) is 48.0 Å². The van der Waals surface area contributed by atoms with Crippen LogP contribution in [-0.2, 0) is 6.54 Å². The third-order valence-electron chi connectivity index (χ3n) is 7.98. The van der Waals surface area contributed by atoms with Gasteiger partial charge in [-0.25, -0.2) is 4.98 Å². The third-order valence-corrected chi connectivity index (χ3v) is 8.63. The van der Waals surface area contributed by atoms with E-state index in [1.165, 1.54) is 0 Å². The average molecular weight is 622 g/mol. The average Bonchev–Trinajstić information content (AvgIpc) is 3.54. The van der Waals surface area contributed by atoms with Crippen molar-refractivity contribution in [2.24, 2.45) is 0 Å². The number of carbonyl (C=O) groups excluding carboxylic acids is 1. The Balaban J connectivity index is 1.17. The first-order chi connectivity index (χ1) is 19.9. The second kappa shape index (κ2) is 11.7. The lowest BCUT2D eigenvalue weighted by Crippen LogP contribution is -2.44. The highest BCUT2D eigenvalue weighted by molar-refractivity contribution is 9.10. The first-order valence-electron chi connectivity index (χ1n) is 14.0. The molecule has 0 saturated carbocycles. The number of aromatic nitrogens is 3. The molecule has 10 nitrogen and oxygen atoms in total. The molecule has 1 saturated heterocycles. The van der Waals surface area contributed by atoms with Crippen LogP contribution in [0.4, 0.5) is 5.69 Å². The van der Waals surface area contributed by atoms with Crippen LogP contribution >= 0.6 is 15.9 Å². The van der Waals surface area contributed by atoms with Crippen molar-refractivity contribution in [2.75, 3.05) is 38.1 Å². The number of likely N-dealkylation sites (tertiary alicyclic amines) is 1. The number of fused-ring (bicyclic) bond motifs is 2. The Kier molecular flexibility index (Phi) is 7.83. The number of rotatable bonds is 9. The smallest absolute Gasteiger partial charge is 0.261 e. The molecule has 4 N–H and O–H groups in total. The first-order valence-corrected chi connectivity index (χ1v) is 14.8. The summed E-state index contributed by atoms with van der Waals surface area (Å²) in [6.45, 7) is 6.08. The van der Waals surface area contributed by atoms with Crippen molar-refractivity contribution in [2.45, 2.75) is 38.5 Å². The Labute approximate surface area is 245 Å². The molecule has 2 aromatic heterocycles. The second-order valence-electron chi connectivity index (χ2n) is 10.6. The minimum atomic E-state index is -0.823. The fourth-order valence-electron chi connectivity index (χ4n) is 5.70. The predicted molar refractivity (Wildman–Crippen MR) is 161 cm³/mol. The highest BCUT2D eigenvalue weighted by atomic mass is 79.9. The summed E-state index contributed by atoms with van der Waals surface area (Å²) in [5.74, 6) is 1.09. The molecule has 2 aliphatic rings. The largest absolute Gasteiger partial charge is 0.490 e. The maximum atomic E-state index is 13.4. The number of aliphatic hydroxyl groups excluding tert-OH is 1. The van der Waals surface area contributed by atoms with Gasteiger partial charge in [0, 0.05) is 44.0 Å². The molecule has 214 valence electrons. The number of ether oxygens (including phenoxy) is 1. The molecule has 4 heterocycles. The van der Waals surface area contributed by atoms with Crippen molar-refractivity contribution in [1.82, 2.24) is 24.8 Å². The number of halogens is 1. The number of nitrogens with zero attached hydrogens (tertiary/aromatic N) is 3. The van der Waals surface area contributed by atoms with E-state index in [-0.39, 0.29) is 30.7 Å². The Morgan fingerprint density at radius 2 is 2.00 bits per heavy atom. The number of hydrogen-bond donors (Lipinski definition) is 4. The highest BCUT2D eigenvalue weighted by Crippen LogP contribution is 2.33. The number of imidazole rings is 1. The lowest BCUT2D eigenvalue weighted by molar-refractivity contribution is 0.0602. The van der Waals surface area contributed by atoms with Crippen molar-refractivity contribution in [3.8, 4) is 17.1 Å². The van der Waals surface area contributed by atoms with Crippen molar-refractivity contribution in [3.63, 3.8) is 0 Å². The number of pyridine rings is 1. The zero-order valence-corrected chi connectivity index (χ0v) is 24.4. The number of benzene rings is 2. The minimum Gasteiger partial charge on any atom is -0.490 e. The molecule has 2 aliphatic heterocycles. The Bertz CT molecular complexity index is 1630. The number of carbonyl (C=O) groups is 1. The molecule has 0 radical (unpaired) electrons. The number of anilines is 1. The standard InChI is InChI=1S/C30H33BrN6O4/c1-2-36-11-8-19(9-12-36)37-16-18-13-24-25(14-21(18)30(37)40)35-28(34-24)27-23(7-10-32-29(27)39)33-15-20(38)17-41-26-6-4-3-5-22(26)31/h3-7,10,13-14,19-20,38H,2,8-9,11-12,15-17H2,1H3,(H,34,35)(H2,32,33,39)/t20-/m1/s1. The molecular formula is C30H33BrN6O4. The van der Waals surface area contributed by atoms with E-state index in [1.54, 1.807) is 12.3 Å². The van der Waals surface area contributed by atoms with Gasteiger partial charge >= 0.3 is 0 Å². The zero-order valence-electron chi connectivity index (χ0n) is 22.8. The van der Waals surface area contributed by atoms with E-state index < -0.39 is 6.10 Å². The van der Waals surface area contributed by atoms with Crippen molar-refractivity contribution in [1.29, 1.82) is 0 Å². The van der Waals surface area contributed by atoms with Crippen molar-refractivity contribution >= 4 is 38.6 Å². The van der Waals surface area contributed by atoms with E-state index in [0.29, 0.717) is 40.4 Å². The van der Waals surface area contributed by atoms with Gasteiger partial charge in [0.25, 0.3) is 11.5 Å². The van der Waals surface area contributed by atoms with E-state index in [2.05, 4.69) is 43.0 Å². The fourth-order valence-corrected chi connectivity index (χ4v) is 6.10. The van der Waals surface area contributed by atoms with Crippen LogP contribution in [0, 0.1) is 0 Å². The molecule has 4 aromatic rings. The van der Waals surface area contributed by atoms with E-state index in [4.69, 9.17) is 9.72 Å². The molecule has 1 fully saturated rings. The molecule has 1 amide bonds. The Morgan fingerprint density at radius 1 is 1.20 bits per heavy atom. The summed E-state index contributed by atoms with van der Waals surface area (Å²) in [4.78, 5) is 41.4. The third kappa shape index (κ3) is 5.61. The van der Waals surface area contributed by atoms with Gasteiger partial charge in [-0.3, -0.25) is 9.59 Å². The van der Waals surface area contributed by atoms with E-state index in [1.807, 2.05) is 41.3 Å². The molecule has 6 rings (SSSR count). The van der Waals surface area contributed by atoms with Gasteiger partial charge in [0.1, 0.15) is 29.8 Å². The summed E-state index contributed by atoms with van der Waals surface area (Å²) >= 11 is 3.43. The summed E-state index contributed by atoms with van der Waals surface area (Å²) in [6.07, 6.45) is 2.71. The van der Waals surface area contributed by atoms with Gasteiger partial charge in [0.05, 0.1) is 21.2 Å². The SMILES string of the molecule is CCN1CCC(N2Cc3cc4[nH]c(-c5c(NC[C@@H](O)COc6ccccc6Br)cc[nH]c5=O)nc4cc3C2=O)CC1. The highest BCUT2D eigenvalue weighted by Gasteiger charge is 2.35. The van der Waals surface area contributed by atoms with Gasteiger partial charge in [-0.05, 0) is 71.2 Å². The van der Waals surface area contributed by atoms with Crippen LogP contribution in [0.3, 0.4) is 0 Å². The lowest BCUT2D eigenvalue weighted by atomic mass is 10.0. The zero-order chi connectivity index (χ0) is 28.5. The summed E-state index contributed by atoms with van der Waals surface area (Å²) in [5, 5.41) is 13.7. The van der Waals surface area contributed by atoms with Crippen LogP contribution in [0.15, 0.2) is 57.9 Å². The van der Waals surface area contributed by atoms with Gasteiger partial charge in [-0.2, -0.15) is 0 Å². The molecule has 0 spiro atoms. The Hall–Kier alpha value is -3.67. The van der Waals surface area contributed by atoms with Crippen molar-refractivity contribution in [3.05, 3.63) is 74.6 Å². The molecule has 0 bridgehead atoms. The molecule has 0 unspecified atom stereocenters. The van der Waals surface area contributed by atoms with Crippen LogP contribution in [0.25, 0.3) is 22.4 Å². The number of aliphatic hydroxyl groups is 1. The summed E-state index contributed by atoms with van der Waals surface area (Å²) in [6, 6.07) is 13.2. The van der Waals surface area contributed by atoms with Gasteiger partial charge in [-0.15, -0.1) is 0 Å². The molecular weight excluding hydrogens is 588 g/mol. The number of piperidine rings is 1. The maximum absolute atomic E-state index is 13.4. The molecule has 11 heteroatoms. The summed E-state index contributed by atoms with van der Waals surface area (Å²) in [5.41, 5.74) is 3.60. The summed E-state index contributed by atoms with van der Waals surface area (Å²) in [7, 11) is 0. The van der Waals surface area contributed by atoms with Gasteiger partial charge in [0.2, 0.25) is 0 Å². The number of H-pyrrole nitrogens is 2. The second-order valence-corrected chi connectivity index (χ2v) is 11.4. The normalized spacial score (nSPS) is 16.8. The molecule has 2 aromatic carbocycles. The van der Waals surface area contributed by atoms with E-state index in [9.17, 15) is 14.7 Å². The number of nitrogens with one attached hydrogen (secondary N) is 3. The quantitative estimate of drug-likeness (QED) is 0.223. The molecule has 41 heavy (non-hydrogen) atoms. The predicted octanol–water partition coefficient (Wildman–Crippen LogP) is 3.97. The van der Waals surface area contributed by atoms with Crippen LogP contribution in [0.5, 0.6) is 5.75 Å². The molecule has 1 atom stereocenters. The van der Waals surface area contributed by atoms with Crippen LogP contribution in [-0.4, -0.2) is 80.7 Å². The lowest BCUT2D eigenvalue weighted by Gasteiger charge is -2.36. The van der Waals surface area contributed by atoms with Crippen LogP contribution in [0.2, 0.25) is 0 Å². The Morgan fingerprint density at radius 3 is 2.78 bits per heavy atom. The fraction of sp³-hybridized carbons (Fsp3) is 0.367. The van der Waals surface area contributed by atoms with Crippen LogP contribution < -0.4 is 15.6 Å². The number of para-hydroxylation sites is 1. The van der Waals surface area contributed by atoms with Gasteiger partial charge < -0.3 is 34.9 Å². The topological polar surface area (TPSA) is 127 Å². The van der Waals surface area contributed by atoms with Gasteiger partial charge in [-0.1, -0.05) is 19.1 Å². The van der Waals surface area contributed by atoms with Gasteiger partial charge in [0.15, 0.2) is 0 Å². The minimum absolute atomic E-state index is 0.0556. The van der Waals surface area contributed by atoms with E-state index >= 15 is 0 Å². The number of amides is 1. The number of aromatic amines is 2. The summed E-state index contributed by atoms with van der Waals surface area (Å²) < 4.78 is 6.52. The van der Waals surface area contributed by atoms with Crippen molar-refractivity contribution < 1.29 is 14.6 Å². The first kappa shape index (κ1) is 27.5. The monoisotopic (exact) mass is 620 g/mol. The number of hydrogen-bond acceptors (Lipinski definition) is 7. The molecule has 0 aliphatic carbocycles. The van der Waals surface area contributed by atoms with Crippen LogP contribution in [0.1, 0.15) is 35.7 Å². The maximum Gasteiger partial charge on any atom is 0.261 e.